The van der Waals surface area contributed by atoms with Crippen molar-refractivity contribution in [2.24, 2.45) is 0 Å². The Labute approximate surface area is 84.0 Å². The second-order valence-corrected chi connectivity index (χ2v) is 3.32. The zero-order valence-corrected chi connectivity index (χ0v) is 8.82. The highest BCUT2D eigenvalue weighted by molar-refractivity contribution is 5.06. The van der Waals surface area contributed by atoms with E-state index in [0.29, 0.717) is 11.5 Å². The molecule has 4 nitrogen and oxygen atoms in total. The van der Waals surface area contributed by atoms with E-state index in [1.807, 2.05) is 13.8 Å². The quantitative estimate of drug-likeness (QED) is 0.787. The van der Waals surface area contributed by atoms with Crippen molar-refractivity contribution in [2.75, 3.05) is 7.11 Å². The first-order valence-corrected chi connectivity index (χ1v) is 4.64. The lowest BCUT2D eigenvalue weighted by Crippen LogP contribution is -2.26. The van der Waals surface area contributed by atoms with Crippen LogP contribution in [0.25, 0.3) is 0 Å². The number of hydrogen-bond acceptors (Lipinski definition) is 4. The zero-order valence-electron chi connectivity index (χ0n) is 8.82. The first-order chi connectivity index (χ1) is 6.66. The van der Waals surface area contributed by atoms with Crippen LogP contribution in [0, 0.1) is 0 Å². The second kappa shape index (κ2) is 4.48. The molecule has 0 aliphatic heterocycles. The Morgan fingerprint density at radius 2 is 2.29 bits per heavy atom. The van der Waals surface area contributed by atoms with Crippen LogP contribution in [0.1, 0.15) is 31.8 Å². The van der Waals surface area contributed by atoms with Crippen molar-refractivity contribution in [1.82, 2.24) is 9.97 Å². The Balaban J connectivity index is 3.04. The van der Waals surface area contributed by atoms with Gasteiger partial charge in [-0.1, -0.05) is 6.92 Å². The summed E-state index contributed by atoms with van der Waals surface area (Å²) < 4.78 is 5.37. The van der Waals surface area contributed by atoms with E-state index in [9.17, 15) is 0 Å². The molecule has 14 heavy (non-hydrogen) atoms. The Kier molecular flexibility index (Phi) is 3.55. The van der Waals surface area contributed by atoms with Crippen LogP contribution in [0.4, 0.5) is 0 Å². The molecule has 0 spiro atoms. The first kappa shape index (κ1) is 11.1. The topological polar surface area (TPSA) is 55.2 Å². The van der Waals surface area contributed by atoms with Gasteiger partial charge < -0.3 is 9.84 Å². The van der Waals surface area contributed by atoms with E-state index in [4.69, 9.17) is 9.84 Å². The molecule has 0 amide bonds. The van der Waals surface area contributed by atoms with Gasteiger partial charge in [-0.25, -0.2) is 9.97 Å². The molecule has 4 heteroatoms. The van der Waals surface area contributed by atoms with Crippen molar-refractivity contribution in [1.29, 1.82) is 0 Å². The average molecular weight is 196 g/mol. The molecule has 0 saturated carbocycles. The molecular formula is C10H16N2O2. The summed E-state index contributed by atoms with van der Waals surface area (Å²) in [7, 11) is 1.64. The lowest BCUT2D eigenvalue weighted by molar-refractivity contribution is -0.00932. The summed E-state index contributed by atoms with van der Waals surface area (Å²) >= 11 is 0. The van der Waals surface area contributed by atoms with Gasteiger partial charge in [-0.15, -0.1) is 0 Å². The summed E-state index contributed by atoms with van der Waals surface area (Å²) in [4.78, 5) is 8.37. The Morgan fingerprint density at radius 1 is 1.57 bits per heavy atom. The molecule has 1 atom stereocenters. The van der Waals surface area contributed by atoms with Crippen molar-refractivity contribution in [3.8, 4) is 0 Å². The van der Waals surface area contributed by atoms with E-state index in [1.165, 1.54) is 0 Å². The number of aliphatic hydroxyl groups is 1. The SMILES string of the molecule is CCC(C)(OC)c1nccc(CO)n1. The molecule has 0 fully saturated rings. The highest BCUT2D eigenvalue weighted by Gasteiger charge is 2.27. The van der Waals surface area contributed by atoms with Crippen molar-refractivity contribution in [3.05, 3.63) is 23.8 Å². The van der Waals surface area contributed by atoms with Gasteiger partial charge in [0.2, 0.25) is 0 Å². The number of aliphatic hydroxyl groups excluding tert-OH is 1. The normalized spacial score (nSPS) is 15.1. The van der Waals surface area contributed by atoms with Crippen LogP contribution < -0.4 is 0 Å². The summed E-state index contributed by atoms with van der Waals surface area (Å²) in [6.07, 6.45) is 2.43. The molecule has 1 heterocycles. The van der Waals surface area contributed by atoms with Crippen molar-refractivity contribution in [2.45, 2.75) is 32.5 Å². The number of aromatic nitrogens is 2. The van der Waals surface area contributed by atoms with Gasteiger partial charge in [0.25, 0.3) is 0 Å². The van der Waals surface area contributed by atoms with E-state index < -0.39 is 5.60 Å². The molecule has 1 unspecified atom stereocenters. The van der Waals surface area contributed by atoms with E-state index in [-0.39, 0.29) is 6.61 Å². The van der Waals surface area contributed by atoms with Gasteiger partial charge in [0, 0.05) is 13.3 Å². The third-order valence-electron chi connectivity index (χ3n) is 2.47. The fourth-order valence-electron chi connectivity index (χ4n) is 1.13. The maximum atomic E-state index is 8.94. The van der Waals surface area contributed by atoms with E-state index >= 15 is 0 Å². The van der Waals surface area contributed by atoms with Crippen molar-refractivity contribution >= 4 is 0 Å². The van der Waals surface area contributed by atoms with Gasteiger partial charge in [0.1, 0.15) is 5.60 Å². The van der Waals surface area contributed by atoms with Crippen molar-refractivity contribution < 1.29 is 9.84 Å². The van der Waals surface area contributed by atoms with Crippen LogP contribution in [0.3, 0.4) is 0 Å². The zero-order chi connectivity index (χ0) is 10.6. The molecule has 1 rings (SSSR count). The molecule has 0 aliphatic rings. The molecule has 0 saturated heterocycles. The minimum Gasteiger partial charge on any atom is -0.390 e. The van der Waals surface area contributed by atoms with E-state index in [2.05, 4.69) is 9.97 Å². The second-order valence-electron chi connectivity index (χ2n) is 3.32. The standard InChI is InChI=1S/C10H16N2O2/c1-4-10(2,14-3)9-11-6-5-8(7-13)12-9/h5-6,13H,4,7H2,1-3H3. The summed E-state index contributed by atoms with van der Waals surface area (Å²) in [5, 5.41) is 8.94. The van der Waals surface area contributed by atoms with Gasteiger partial charge in [0.05, 0.1) is 12.3 Å². The molecule has 0 aromatic carbocycles. The van der Waals surface area contributed by atoms with Crippen LogP contribution in [0.15, 0.2) is 12.3 Å². The van der Waals surface area contributed by atoms with Crippen LogP contribution >= 0.6 is 0 Å². The van der Waals surface area contributed by atoms with Crippen LogP contribution in [-0.2, 0) is 16.9 Å². The fraction of sp³-hybridized carbons (Fsp3) is 0.600. The van der Waals surface area contributed by atoms with Crippen molar-refractivity contribution in [3.63, 3.8) is 0 Å². The smallest absolute Gasteiger partial charge is 0.160 e. The molecule has 1 aromatic rings. The maximum Gasteiger partial charge on any atom is 0.160 e. The van der Waals surface area contributed by atoms with Gasteiger partial charge in [-0.05, 0) is 19.4 Å². The largest absolute Gasteiger partial charge is 0.390 e. The minimum absolute atomic E-state index is 0.0704. The summed E-state index contributed by atoms with van der Waals surface area (Å²) in [5.74, 6) is 0.619. The third kappa shape index (κ3) is 2.08. The number of methoxy groups -OCH3 is 1. The lowest BCUT2D eigenvalue weighted by Gasteiger charge is -2.24. The van der Waals surface area contributed by atoms with E-state index in [1.54, 1.807) is 19.4 Å². The number of hydrogen-bond donors (Lipinski definition) is 1. The first-order valence-electron chi connectivity index (χ1n) is 4.64. The lowest BCUT2D eigenvalue weighted by atomic mass is 10.0. The number of ether oxygens (including phenoxy) is 1. The van der Waals surface area contributed by atoms with Gasteiger partial charge in [-0.3, -0.25) is 0 Å². The molecule has 1 N–H and O–H groups in total. The van der Waals surface area contributed by atoms with Crippen LogP contribution in [0.5, 0.6) is 0 Å². The highest BCUT2D eigenvalue weighted by Crippen LogP contribution is 2.24. The predicted molar refractivity (Wildman–Crippen MR) is 52.6 cm³/mol. The molecule has 1 aromatic heterocycles. The Hall–Kier alpha value is -1.00. The molecule has 0 aliphatic carbocycles. The third-order valence-corrected chi connectivity index (χ3v) is 2.47. The summed E-state index contributed by atoms with van der Waals surface area (Å²) in [6, 6.07) is 1.69. The number of rotatable bonds is 4. The monoisotopic (exact) mass is 196 g/mol. The van der Waals surface area contributed by atoms with Gasteiger partial charge >= 0.3 is 0 Å². The average Bonchev–Trinajstić information content (AvgIpc) is 2.28. The molecule has 0 bridgehead atoms. The van der Waals surface area contributed by atoms with Crippen LogP contribution in [0.2, 0.25) is 0 Å². The summed E-state index contributed by atoms with van der Waals surface area (Å²) in [5.41, 5.74) is 0.150. The summed E-state index contributed by atoms with van der Waals surface area (Å²) in [6.45, 7) is 3.88. The Morgan fingerprint density at radius 3 is 2.79 bits per heavy atom. The maximum absolute atomic E-state index is 8.94. The Bertz CT molecular complexity index is 298. The number of nitrogens with zero attached hydrogens (tertiary/aromatic N) is 2. The van der Waals surface area contributed by atoms with E-state index in [0.717, 1.165) is 6.42 Å². The van der Waals surface area contributed by atoms with Gasteiger partial charge in [0.15, 0.2) is 5.82 Å². The molecule has 0 radical (unpaired) electrons. The highest BCUT2D eigenvalue weighted by atomic mass is 16.5. The fourth-order valence-corrected chi connectivity index (χ4v) is 1.13. The van der Waals surface area contributed by atoms with Gasteiger partial charge in [-0.2, -0.15) is 0 Å². The minimum atomic E-state index is -0.467. The van der Waals surface area contributed by atoms with Crippen LogP contribution in [-0.4, -0.2) is 22.2 Å². The molecule has 78 valence electrons. The predicted octanol–water partition coefficient (Wildman–Crippen LogP) is 1.24. The molecular weight excluding hydrogens is 180 g/mol.